The van der Waals surface area contributed by atoms with Crippen LogP contribution in [0.4, 0.5) is 4.79 Å². The summed E-state index contributed by atoms with van der Waals surface area (Å²) in [4.78, 5) is 24.3. The van der Waals surface area contributed by atoms with Crippen LogP contribution in [0.2, 0.25) is 0 Å². The summed E-state index contributed by atoms with van der Waals surface area (Å²) in [7, 11) is 1.56. The third-order valence-electron chi connectivity index (χ3n) is 2.31. The SMILES string of the molecule is CNC(=O)N1CCNC(=O)C1(C)C. The topological polar surface area (TPSA) is 61.4 Å². The van der Waals surface area contributed by atoms with Crippen molar-refractivity contribution >= 4 is 11.9 Å². The van der Waals surface area contributed by atoms with E-state index in [0.717, 1.165) is 0 Å². The van der Waals surface area contributed by atoms with Gasteiger partial charge in [0.15, 0.2) is 0 Å². The van der Waals surface area contributed by atoms with E-state index in [-0.39, 0.29) is 11.9 Å². The molecule has 3 amide bonds. The first-order chi connectivity index (χ1) is 6.00. The number of nitrogens with one attached hydrogen (secondary N) is 2. The maximum absolute atomic E-state index is 11.4. The molecule has 1 aliphatic rings. The van der Waals surface area contributed by atoms with Gasteiger partial charge in [-0.05, 0) is 13.8 Å². The molecule has 1 saturated heterocycles. The van der Waals surface area contributed by atoms with E-state index in [1.54, 1.807) is 20.9 Å². The Morgan fingerprint density at radius 1 is 1.62 bits per heavy atom. The van der Waals surface area contributed by atoms with Crippen molar-refractivity contribution < 1.29 is 9.59 Å². The Hall–Kier alpha value is -1.26. The van der Waals surface area contributed by atoms with Gasteiger partial charge in [0.25, 0.3) is 0 Å². The van der Waals surface area contributed by atoms with E-state index in [2.05, 4.69) is 10.6 Å². The molecule has 0 aromatic rings. The Kier molecular flexibility index (Phi) is 2.45. The fourth-order valence-electron chi connectivity index (χ4n) is 1.39. The van der Waals surface area contributed by atoms with Crippen LogP contribution in [0.1, 0.15) is 13.8 Å². The van der Waals surface area contributed by atoms with E-state index in [9.17, 15) is 9.59 Å². The molecule has 2 N–H and O–H groups in total. The standard InChI is InChI=1S/C8H15N3O2/c1-8(2)6(12)10-4-5-11(8)7(13)9-3/h4-5H2,1-3H3,(H,9,13)(H,10,12). The van der Waals surface area contributed by atoms with E-state index in [4.69, 9.17) is 0 Å². The second-order valence-electron chi connectivity index (χ2n) is 3.52. The van der Waals surface area contributed by atoms with Crippen molar-refractivity contribution in [3.8, 4) is 0 Å². The number of amides is 3. The lowest BCUT2D eigenvalue weighted by Crippen LogP contribution is -2.64. The molecule has 5 heteroatoms. The molecule has 0 aromatic heterocycles. The van der Waals surface area contributed by atoms with Crippen molar-refractivity contribution in [1.82, 2.24) is 15.5 Å². The number of urea groups is 1. The van der Waals surface area contributed by atoms with Crippen molar-refractivity contribution in [3.05, 3.63) is 0 Å². The highest BCUT2D eigenvalue weighted by Crippen LogP contribution is 2.17. The maximum Gasteiger partial charge on any atom is 0.318 e. The van der Waals surface area contributed by atoms with Crippen molar-refractivity contribution in [3.63, 3.8) is 0 Å². The number of piperazine rings is 1. The first-order valence-corrected chi connectivity index (χ1v) is 4.28. The zero-order chi connectivity index (χ0) is 10.1. The third kappa shape index (κ3) is 1.59. The predicted octanol–water partition coefficient (Wildman–Crippen LogP) is -0.464. The van der Waals surface area contributed by atoms with Crippen LogP contribution < -0.4 is 10.6 Å². The van der Waals surface area contributed by atoms with Gasteiger partial charge in [-0.3, -0.25) is 4.79 Å². The minimum Gasteiger partial charge on any atom is -0.352 e. The summed E-state index contributed by atoms with van der Waals surface area (Å²) in [5.41, 5.74) is -0.752. The molecule has 0 aromatic carbocycles. The molecule has 1 rings (SSSR count). The minimum atomic E-state index is -0.752. The molecule has 1 fully saturated rings. The Bertz CT molecular complexity index is 238. The molecule has 13 heavy (non-hydrogen) atoms. The molecule has 0 radical (unpaired) electrons. The first-order valence-electron chi connectivity index (χ1n) is 4.28. The lowest BCUT2D eigenvalue weighted by molar-refractivity contribution is -0.132. The Labute approximate surface area is 77.5 Å². The van der Waals surface area contributed by atoms with Gasteiger partial charge in [-0.2, -0.15) is 0 Å². The summed E-state index contributed by atoms with van der Waals surface area (Å²) in [6.07, 6.45) is 0. The number of hydrogen-bond donors (Lipinski definition) is 2. The first kappa shape index (κ1) is 9.83. The monoisotopic (exact) mass is 185 g/mol. The van der Waals surface area contributed by atoms with Gasteiger partial charge in [0.05, 0.1) is 0 Å². The fraction of sp³-hybridized carbons (Fsp3) is 0.750. The summed E-state index contributed by atoms with van der Waals surface area (Å²) in [6.45, 7) is 4.54. The summed E-state index contributed by atoms with van der Waals surface area (Å²) < 4.78 is 0. The molecule has 1 heterocycles. The lowest BCUT2D eigenvalue weighted by Gasteiger charge is -2.40. The molecule has 0 spiro atoms. The van der Waals surface area contributed by atoms with Crippen LogP contribution in [0.5, 0.6) is 0 Å². The van der Waals surface area contributed by atoms with Crippen LogP contribution in [0, 0.1) is 0 Å². The normalized spacial score (nSPS) is 20.8. The third-order valence-corrected chi connectivity index (χ3v) is 2.31. The molecule has 5 nitrogen and oxygen atoms in total. The van der Waals surface area contributed by atoms with Gasteiger partial charge in [0.1, 0.15) is 5.54 Å². The molecule has 0 saturated carbocycles. The zero-order valence-corrected chi connectivity index (χ0v) is 8.18. The van der Waals surface area contributed by atoms with Gasteiger partial charge in [-0.15, -0.1) is 0 Å². The summed E-state index contributed by atoms with van der Waals surface area (Å²) in [6, 6.07) is -0.208. The molecular weight excluding hydrogens is 170 g/mol. The quantitative estimate of drug-likeness (QED) is 0.536. The molecule has 0 bridgehead atoms. The van der Waals surface area contributed by atoms with E-state index in [1.165, 1.54) is 4.90 Å². The fourth-order valence-corrected chi connectivity index (χ4v) is 1.39. The predicted molar refractivity (Wildman–Crippen MR) is 48.3 cm³/mol. The Morgan fingerprint density at radius 3 is 2.77 bits per heavy atom. The average molecular weight is 185 g/mol. The molecule has 0 atom stereocenters. The van der Waals surface area contributed by atoms with Crippen LogP contribution in [-0.4, -0.2) is 42.5 Å². The summed E-state index contributed by atoms with van der Waals surface area (Å²) in [5, 5.41) is 5.24. The highest BCUT2D eigenvalue weighted by Gasteiger charge is 2.39. The highest BCUT2D eigenvalue weighted by molar-refractivity contribution is 5.91. The van der Waals surface area contributed by atoms with E-state index in [0.29, 0.717) is 13.1 Å². The van der Waals surface area contributed by atoms with Crippen LogP contribution in [-0.2, 0) is 4.79 Å². The van der Waals surface area contributed by atoms with Crippen LogP contribution in [0.25, 0.3) is 0 Å². The van der Waals surface area contributed by atoms with Crippen molar-refractivity contribution in [2.45, 2.75) is 19.4 Å². The van der Waals surface area contributed by atoms with Crippen LogP contribution >= 0.6 is 0 Å². The van der Waals surface area contributed by atoms with Gasteiger partial charge in [-0.1, -0.05) is 0 Å². The van der Waals surface area contributed by atoms with Crippen LogP contribution in [0.3, 0.4) is 0 Å². The van der Waals surface area contributed by atoms with E-state index < -0.39 is 5.54 Å². The number of hydrogen-bond acceptors (Lipinski definition) is 2. The smallest absolute Gasteiger partial charge is 0.318 e. The van der Waals surface area contributed by atoms with E-state index >= 15 is 0 Å². The maximum atomic E-state index is 11.4. The van der Waals surface area contributed by atoms with Crippen LogP contribution in [0.15, 0.2) is 0 Å². The Morgan fingerprint density at radius 2 is 2.23 bits per heavy atom. The highest BCUT2D eigenvalue weighted by atomic mass is 16.2. The van der Waals surface area contributed by atoms with E-state index in [1.807, 2.05) is 0 Å². The van der Waals surface area contributed by atoms with Gasteiger partial charge in [0.2, 0.25) is 5.91 Å². The van der Waals surface area contributed by atoms with Gasteiger partial charge in [0, 0.05) is 20.1 Å². The molecule has 0 unspecified atom stereocenters. The van der Waals surface area contributed by atoms with Crippen molar-refractivity contribution in [1.29, 1.82) is 0 Å². The lowest BCUT2D eigenvalue weighted by atomic mass is 10.00. The second kappa shape index (κ2) is 3.24. The second-order valence-corrected chi connectivity index (χ2v) is 3.52. The molecule has 1 aliphatic heterocycles. The van der Waals surface area contributed by atoms with Crippen molar-refractivity contribution in [2.24, 2.45) is 0 Å². The Balaban J connectivity index is 2.83. The molecule has 74 valence electrons. The minimum absolute atomic E-state index is 0.109. The van der Waals surface area contributed by atoms with Crippen molar-refractivity contribution in [2.75, 3.05) is 20.1 Å². The number of rotatable bonds is 0. The zero-order valence-electron chi connectivity index (χ0n) is 8.18. The van der Waals surface area contributed by atoms with Gasteiger partial charge < -0.3 is 15.5 Å². The van der Waals surface area contributed by atoms with Gasteiger partial charge >= 0.3 is 6.03 Å². The average Bonchev–Trinajstić information content (AvgIpc) is 2.08. The number of nitrogens with zero attached hydrogens (tertiary/aromatic N) is 1. The molecular formula is C8H15N3O2. The molecule has 0 aliphatic carbocycles. The summed E-state index contributed by atoms with van der Waals surface area (Å²) in [5.74, 6) is -0.109. The summed E-state index contributed by atoms with van der Waals surface area (Å²) >= 11 is 0. The number of carbonyl (C=O) groups is 2. The number of carbonyl (C=O) groups excluding carboxylic acids is 2. The largest absolute Gasteiger partial charge is 0.352 e. The van der Waals surface area contributed by atoms with Gasteiger partial charge in [-0.25, -0.2) is 4.79 Å².